The minimum Gasteiger partial charge on any atom is -0.369 e. The molecule has 142 valence electrons. The molecular formula is C19H21ClN4O3. The van der Waals surface area contributed by atoms with Crippen LogP contribution in [0.2, 0.25) is 5.02 Å². The lowest BCUT2D eigenvalue weighted by molar-refractivity contribution is -0.384. The number of rotatable bonds is 6. The Hall–Kier alpha value is -2.64. The fraction of sp³-hybridized carbons (Fsp3) is 0.316. The maximum Gasteiger partial charge on any atom is 0.269 e. The molecule has 0 spiro atoms. The number of non-ortho nitro benzene ring substituents is 1. The zero-order valence-electron chi connectivity index (χ0n) is 14.8. The smallest absolute Gasteiger partial charge is 0.269 e. The number of nitrogens with one attached hydrogen (secondary N) is 1. The van der Waals surface area contributed by atoms with Gasteiger partial charge in [-0.2, -0.15) is 0 Å². The molecule has 8 heteroatoms. The van der Waals surface area contributed by atoms with Crippen molar-refractivity contribution in [3.8, 4) is 0 Å². The van der Waals surface area contributed by atoms with E-state index in [0.717, 1.165) is 37.7 Å². The zero-order valence-corrected chi connectivity index (χ0v) is 15.6. The summed E-state index contributed by atoms with van der Waals surface area (Å²) < 4.78 is 0. The molecule has 1 amide bonds. The number of carbonyl (C=O) groups is 1. The van der Waals surface area contributed by atoms with Crippen LogP contribution in [0.4, 0.5) is 11.4 Å². The number of nitro groups is 1. The molecule has 1 N–H and O–H groups in total. The molecule has 1 fully saturated rings. The summed E-state index contributed by atoms with van der Waals surface area (Å²) in [6.45, 7) is 5.02. The van der Waals surface area contributed by atoms with Crippen LogP contribution in [-0.2, 0) is 0 Å². The van der Waals surface area contributed by atoms with E-state index in [2.05, 4.69) is 15.1 Å². The fourth-order valence-electron chi connectivity index (χ4n) is 3.05. The van der Waals surface area contributed by atoms with Crippen LogP contribution in [0, 0.1) is 10.1 Å². The van der Waals surface area contributed by atoms with E-state index < -0.39 is 4.92 Å². The van der Waals surface area contributed by atoms with E-state index in [-0.39, 0.29) is 11.6 Å². The number of nitrogens with zero attached hydrogens (tertiary/aromatic N) is 3. The number of halogens is 1. The van der Waals surface area contributed by atoms with Crippen molar-refractivity contribution in [1.82, 2.24) is 10.2 Å². The van der Waals surface area contributed by atoms with Crippen molar-refractivity contribution in [2.75, 3.05) is 44.2 Å². The number of piperazine rings is 1. The molecule has 27 heavy (non-hydrogen) atoms. The van der Waals surface area contributed by atoms with Gasteiger partial charge in [0.25, 0.3) is 11.6 Å². The molecule has 1 aliphatic rings. The van der Waals surface area contributed by atoms with Crippen LogP contribution in [0.1, 0.15) is 10.4 Å². The topological polar surface area (TPSA) is 78.7 Å². The van der Waals surface area contributed by atoms with Gasteiger partial charge in [0.1, 0.15) is 0 Å². The molecule has 0 saturated carbocycles. The van der Waals surface area contributed by atoms with Crippen molar-refractivity contribution in [2.24, 2.45) is 0 Å². The van der Waals surface area contributed by atoms with E-state index in [1.165, 1.54) is 30.0 Å². The molecule has 0 aliphatic carbocycles. The average molecular weight is 389 g/mol. The first-order chi connectivity index (χ1) is 13.0. The van der Waals surface area contributed by atoms with E-state index in [1.807, 2.05) is 24.3 Å². The third-order valence-electron chi connectivity index (χ3n) is 4.62. The predicted molar refractivity (Wildman–Crippen MR) is 106 cm³/mol. The van der Waals surface area contributed by atoms with Crippen LogP contribution in [0.15, 0.2) is 48.5 Å². The third-order valence-corrected chi connectivity index (χ3v) is 4.87. The minimum atomic E-state index is -0.481. The summed E-state index contributed by atoms with van der Waals surface area (Å²) >= 11 is 5.93. The van der Waals surface area contributed by atoms with Crippen molar-refractivity contribution >= 4 is 28.9 Å². The molecule has 1 heterocycles. The van der Waals surface area contributed by atoms with Gasteiger partial charge in [0.05, 0.1) is 4.92 Å². The molecule has 2 aromatic rings. The van der Waals surface area contributed by atoms with Gasteiger partial charge in [-0.05, 0) is 36.4 Å². The Labute approximate surface area is 162 Å². The lowest BCUT2D eigenvalue weighted by Crippen LogP contribution is -2.48. The predicted octanol–water partition coefficient (Wildman–Crippen LogP) is 2.80. The summed E-state index contributed by atoms with van der Waals surface area (Å²) in [4.78, 5) is 26.9. The number of carbonyl (C=O) groups excluding carboxylic acids is 1. The zero-order chi connectivity index (χ0) is 19.2. The summed E-state index contributed by atoms with van der Waals surface area (Å²) in [5.74, 6) is -0.218. The molecule has 0 radical (unpaired) electrons. The van der Waals surface area contributed by atoms with E-state index >= 15 is 0 Å². The van der Waals surface area contributed by atoms with Gasteiger partial charge in [0.2, 0.25) is 0 Å². The first-order valence-corrected chi connectivity index (χ1v) is 9.16. The summed E-state index contributed by atoms with van der Waals surface area (Å²) in [5, 5.41) is 14.3. The highest BCUT2D eigenvalue weighted by atomic mass is 35.5. The normalized spacial score (nSPS) is 14.8. The second kappa shape index (κ2) is 8.83. The molecule has 3 rings (SSSR count). The van der Waals surface area contributed by atoms with Crippen LogP contribution < -0.4 is 10.2 Å². The molecule has 1 saturated heterocycles. The van der Waals surface area contributed by atoms with Gasteiger partial charge in [0.15, 0.2) is 0 Å². The summed E-state index contributed by atoms with van der Waals surface area (Å²) in [7, 11) is 0. The van der Waals surface area contributed by atoms with Crippen molar-refractivity contribution in [3.05, 3.63) is 69.2 Å². The summed E-state index contributed by atoms with van der Waals surface area (Å²) in [5.41, 5.74) is 1.57. The van der Waals surface area contributed by atoms with Gasteiger partial charge in [-0.15, -0.1) is 0 Å². The van der Waals surface area contributed by atoms with Crippen molar-refractivity contribution in [3.63, 3.8) is 0 Å². The van der Waals surface area contributed by atoms with Crippen molar-refractivity contribution < 1.29 is 9.72 Å². The third kappa shape index (κ3) is 5.18. The van der Waals surface area contributed by atoms with Crippen LogP contribution >= 0.6 is 11.6 Å². The Bertz CT molecular complexity index is 788. The van der Waals surface area contributed by atoms with Gasteiger partial charge >= 0.3 is 0 Å². The molecule has 2 aromatic carbocycles. The molecular weight excluding hydrogens is 368 g/mol. The van der Waals surface area contributed by atoms with E-state index in [4.69, 9.17) is 11.6 Å². The van der Waals surface area contributed by atoms with Gasteiger partial charge in [0, 0.05) is 67.7 Å². The standard InChI is InChI=1S/C19H21ClN4O3/c20-16-3-7-17(8-4-16)23-13-11-22(12-14-23)10-9-21-19(25)15-1-5-18(6-2-15)24(26)27/h1-8H,9-14H2,(H,21,25). The monoisotopic (exact) mass is 388 g/mol. The van der Waals surface area contributed by atoms with Crippen molar-refractivity contribution in [1.29, 1.82) is 0 Å². The second-order valence-electron chi connectivity index (χ2n) is 6.36. The van der Waals surface area contributed by atoms with Crippen LogP contribution in [0.25, 0.3) is 0 Å². The Kier molecular flexibility index (Phi) is 6.26. The molecule has 0 bridgehead atoms. The number of benzene rings is 2. The highest BCUT2D eigenvalue weighted by molar-refractivity contribution is 6.30. The summed E-state index contributed by atoms with van der Waals surface area (Å²) in [6.07, 6.45) is 0. The average Bonchev–Trinajstić information content (AvgIpc) is 2.69. The first kappa shape index (κ1) is 19.1. The Balaban J connectivity index is 1.40. The van der Waals surface area contributed by atoms with E-state index in [1.54, 1.807) is 0 Å². The van der Waals surface area contributed by atoms with Crippen LogP contribution in [0.3, 0.4) is 0 Å². The lowest BCUT2D eigenvalue weighted by atomic mass is 10.2. The highest BCUT2D eigenvalue weighted by Gasteiger charge is 2.17. The van der Waals surface area contributed by atoms with E-state index in [0.29, 0.717) is 12.1 Å². The van der Waals surface area contributed by atoms with Crippen molar-refractivity contribution in [2.45, 2.75) is 0 Å². The van der Waals surface area contributed by atoms with Gasteiger partial charge in [-0.25, -0.2) is 0 Å². The number of hydrogen-bond donors (Lipinski definition) is 1. The molecule has 1 aliphatic heterocycles. The number of nitro benzene ring substituents is 1. The molecule has 7 nitrogen and oxygen atoms in total. The quantitative estimate of drug-likeness (QED) is 0.608. The number of hydrogen-bond acceptors (Lipinski definition) is 5. The SMILES string of the molecule is O=C(NCCN1CCN(c2ccc(Cl)cc2)CC1)c1ccc([N+](=O)[O-])cc1. The second-order valence-corrected chi connectivity index (χ2v) is 6.80. The maximum absolute atomic E-state index is 12.1. The highest BCUT2D eigenvalue weighted by Crippen LogP contribution is 2.19. The minimum absolute atomic E-state index is 0.0230. The largest absolute Gasteiger partial charge is 0.369 e. The van der Waals surface area contributed by atoms with Gasteiger partial charge < -0.3 is 10.2 Å². The number of amides is 1. The Morgan fingerprint density at radius 2 is 1.67 bits per heavy atom. The lowest BCUT2D eigenvalue weighted by Gasteiger charge is -2.36. The number of anilines is 1. The first-order valence-electron chi connectivity index (χ1n) is 8.78. The van der Waals surface area contributed by atoms with Gasteiger partial charge in [-0.1, -0.05) is 11.6 Å². The fourth-order valence-corrected chi connectivity index (χ4v) is 3.17. The van der Waals surface area contributed by atoms with E-state index in [9.17, 15) is 14.9 Å². The Morgan fingerprint density at radius 3 is 2.26 bits per heavy atom. The van der Waals surface area contributed by atoms with Crippen LogP contribution in [-0.4, -0.2) is 55.0 Å². The Morgan fingerprint density at radius 1 is 1.04 bits per heavy atom. The van der Waals surface area contributed by atoms with Crippen LogP contribution in [0.5, 0.6) is 0 Å². The molecule has 0 aromatic heterocycles. The maximum atomic E-state index is 12.1. The molecule has 0 atom stereocenters. The van der Waals surface area contributed by atoms with Gasteiger partial charge in [-0.3, -0.25) is 19.8 Å². The summed E-state index contributed by atoms with van der Waals surface area (Å²) in [6, 6.07) is 13.5. The molecule has 0 unspecified atom stereocenters.